The van der Waals surface area contributed by atoms with Gasteiger partial charge in [0, 0.05) is 18.3 Å². The Hall–Kier alpha value is -0.660. The minimum Gasteiger partial charge on any atom is -0.375 e. The van der Waals surface area contributed by atoms with Crippen LogP contribution in [0, 0.1) is 34.5 Å². The first-order valence-corrected chi connectivity index (χ1v) is 12.9. The van der Waals surface area contributed by atoms with Gasteiger partial charge < -0.3 is 14.2 Å². The van der Waals surface area contributed by atoms with Gasteiger partial charge in [-0.15, -0.1) is 0 Å². The zero-order valence-corrected chi connectivity index (χ0v) is 20.3. The van der Waals surface area contributed by atoms with E-state index in [9.17, 15) is 18.0 Å². The fourth-order valence-electron chi connectivity index (χ4n) is 8.97. The molecule has 0 amide bonds. The number of halogens is 3. The molecule has 5 rings (SSSR count). The van der Waals surface area contributed by atoms with Crippen LogP contribution in [-0.4, -0.2) is 43.2 Å². The molecule has 1 heterocycles. The maximum Gasteiger partial charge on any atom is 0.450 e. The van der Waals surface area contributed by atoms with E-state index in [-0.39, 0.29) is 23.2 Å². The number of carbonyl (C=O) groups excluding carboxylic acids is 1. The lowest BCUT2D eigenvalue weighted by Gasteiger charge is -2.62. The summed E-state index contributed by atoms with van der Waals surface area (Å²) in [6, 6.07) is 0. The van der Waals surface area contributed by atoms with Crippen LogP contribution in [0.5, 0.6) is 0 Å². The van der Waals surface area contributed by atoms with Crippen molar-refractivity contribution in [3.05, 3.63) is 0 Å². The van der Waals surface area contributed by atoms with E-state index < -0.39 is 24.0 Å². The molecule has 188 valence electrons. The van der Waals surface area contributed by atoms with Gasteiger partial charge in [0.2, 0.25) is 5.78 Å². The van der Waals surface area contributed by atoms with E-state index in [1.54, 1.807) is 0 Å². The Labute approximate surface area is 195 Å². The maximum absolute atomic E-state index is 12.5. The third kappa shape index (κ3) is 3.70. The van der Waals surface area contributed by atoms with Gasteiger partial charge in [0.15, 0.2) is 5.79 Å². The van der Waals surface area contributed by atoms with Crippen molar-refractivity contribution in [2.24, 2.45) is 34.5 Å². The topological polar surface area (TPSA) is 44.8 Å². The second-order valence-corrected chi connectivity index (χ2v) is 12.3. The molecule has 0 aromatic rings. The predicted molar refractivity (Wildman–Crippen MR) is 116 cm³/mol. The summed E-state index contributed by atoms with van der Waals surface area (Å²) in [6.45, 7) is 8.19. The fraction of sp³-hybridized carbons (Fsp3) is 0.962. The molecule has 4 aliphatic carbocycles. The zero-order valence-electron chi connectivity index (χ0n) is 20.3. The average molecular weight is 473 g/mol. The molecule has 1 spiro atoms. The summed E-state index contributed by atoms with van der Waals surface area (Å²) < 4.78 is 56.1. The summed E-state index contributed by atoms with van der Waals surface area (Å²) >= 11 is 0. The number of fused-ring (bicyclic) bond motifs is 6. The van der Waals surface area contributed by atoms with Gasteiger partial charge >= 0.3 is 6.18 Å². The van der Waals surface area contributed by atoms with E-state index in [0.29, 0.717) is 36.9 Å². The summed E-state index contributed by atoms with van der Waals surface area (Å²) in [5.74, 6) is 0.489. The maximum atomic E-state index is 12.5. The van der Waals surface area contributed by atoms with Gasteiger partial charge in [-0.2, -0.15) is 13.2 Å². The Morgan fingerprint density at radius 2 is 1.64 bits per heavy atom. The van der Waals surface area contributed by atoms with Crippen LogP contribution in [-0.2, 0) is 19.0 Å². The van der Waals surface area contributed by atoms with Gasteiger partial charge in [0.25, 0.3) is 0 Å². The van der Waals surface area contributed by atoms with Crippen molar-refractivity contribution >= 4 is 5.78 Å². The minimum atomic E-state index is -4.77. The molecule has 33 heavy (non-hydrogen) atoms. The highest BCUT2D eigenvalue weighted by Gasteiger charge is 2.67. The molecular formula is C26H39F3O4. The molecule has 0 radical (unpaired) electrons. The van der Waals surface area contributed by atoms with E-state index >= 15 is 0 Å². The Morgan fingerprint density at radius 1 is 0.939 bits per heavy atom. The van der Waals surface area contributed by atoms with Crippen LogP contribution in [0.2, 0.25) is 0 Å². The summed E-state index contributed by atoms with van der Waals surface area (Å²) in [4.78, 5) is 11.2. The van der Waals surface area contributed by atoms with Crippen LogP contribution in [0.25, 0.3) is 0 Å². The SMILES string of the molecule is C[C@@]1(OCCC(=O)C(F)(F)F)CC[C@@]2(C)[C@@H](CC[C@@H]3[C@@H]2CC[C@@]2(C)[C@H]3CCC23OCCO3)C1. The molecule has 5 aliphatic rings. The lowest BCUT2D eigenvalue weighted by atomic mass is 9.44. The fourth-order valence-corrected chi connectivity index (χ4v) is 8.97. The molecule has 1 saturated heterocycles. The van der Waals surface area contributed by atoms with Crippen LogP contribution in [0.1, 0.15) is 85.0 Å². The first-order chi connectivity index (χ1) is 15.4. The van der Waals surface area contributed by atoms with Crippen LogP contribution in [0.4, 0.5) is 13.2 Å². The molecule has 0 N–H and O–H groups in total. The summed E-state index contributed by atoms with van der Waals surface area (Å²) in [6.07, 6.45) is 4.34. The largest absolute Gasteiger partial charge is 0.450 e. The smallest absolute Gasteiger partial charge is 0.375 e. The number of alkyl halides is 3. The Bertz CT molecular complexity index is 778. The van der Waals surface area contributed by atoms with E-state index in [4.69, 9.17) is 14.2 Å². The van der Waals surface area contributed by atoms with Gasteiger partial charge in [-0.3, -0.25) is 4.79 Å². The van der Waals surface area contributed by atoms with Crippen molar-refractivity contribution in [2.75, 3.05) is 19.8 Å². The third-order valence-electron chi connectivity index (χ3n) is 10.8. The molecule has 5 fully saturated rings. The van der Waals surface area contributed by atoms with Gasteiger partial charge in [0.1, 0.15) is 0 Å². The average Bonchev–Trinajstić information content (AvgIpc) is 3.34. The van der Waals surface area contributed by atoms with Crippen LogP contribution >= 0.6 is 0 Å². The van der Waals surface area contributed by atoms with Crippen molar-refractivity contribution in [3.63, 3.8) is 0 Å². The van der Waals surface area contributed by atoms with E-state index in [0.717, 1.165) is 38.5 Å². The second kappa shape index (κ2) is 7.92. The molecule has 7 atom stereocenters. The van der Waals surface area contributed by atoms with Crippen molar-refractivity contribution < 1.29 is 32.2 Å². The van der Waals surface area contributed by atoms with Crippen LogP contribution < -0.4 is 0 Å². The van der Waals surface area contributed by atoms with E-state index in [1.165, 1.54) is 19.3 Å². The number of hydrogen-bond acceptors (Lipinski definition) is 4. The molecule has 4 saturated carbocycles. The highest BCUT2D eigenvalue weighted by Crippen LogP contribution is 2.70. The lowest BCUT2D eigenvalue weighted by Crippen LogP contribution is -2.58. The molecular weight excluding hydrogens is 433 g/mol. The van der Waals surface area contributed by atoms with Crippen molar-refractivity contribution in [3.8, 4) is 0 Å². The van der Waals surface area contributed by atoms with Crippen molar-refractivity contribution in [1.82, 2.24) is 0 Å². The van der Waals surface area contributed by atoms with E-state index in [2.05, 4.69) is 13.8 Å². The molecule has 0 aromatic carbocycles. The van der Waals surface area contributed by atoms with Crippen LogP contribution in [0.15, 0.2) is 0 Å². The lowest BCUT2D eigenvalue weighted by molar-refractivity contribution is -0.249. The van der Waals surface area contributed by atoms with Gasteiger partial charge in [-0.05, 0) is 87.4 Å². The standard InChI is InChI=1S/C26H39F3O4/c1-22(31-13-8-21(30)26(27,28)29)11-12-23(2)17(16-22)4-5-18-19(23)6-9-24(3)20(18)7-10-25(24)32-14-15-33-25/h17-20H,4-16H2,1-3H3/t17-,18+,19-,20-,22+,23-,24-/m0/s1. The zero-order chi connectivity index (χ0) is 23.7. The number of ketones is 1. The number of ether oxygens (including phenoxy) is 3. The van der Waals surface area contributed by atoms with Crippen molar-refractivity contribution in [2.45, 2.75) is 103 Å². The normalized spacial score (nSPS) is 46.6. The Balaban J connectivity index is 1.25. The van der Waals surface area contributed by atoms with Gasteiger partial charge in [-0.25, -0.2) is 0 Å². The van der Waals surface area contributed by atoms with Gasteiger partial charge in [0.05, 0.1) is 25.4 Å². The molecule has 4 nitrogen and oxygen atoms in total. The quantitative estimate of drug-likeness (QED) is 0.498. The first kappa shape index (κ1) is 24.1. The highest BCUT2D eigenvalue weighted by atomic mass is 19.4. The highest BCUT2D eigenvalue weighted by molar-refractivity contribution is 5.84. The monoisotopic (exact) mass is 472 g/mol. The molecule has 7 heteroatoms. The summed E-state index contributed by atoms with van der Waals surface area (Å²) in [5, 5.41) is 0. The number of carbonyl (C=O) groups is 1. The molecule has 1 aliphatic heterocycles. The van der Waals surface area contributed by atoms with E-state index in [1.807, 2.05) is 6.92 Å². The van der Waals surface area contributed by atoms with Gasteiger partial charge in [-0.1, -0.05) is 13.8 Å². The van der Waals surface area contributed by atoms with Crippen molar-refractivity contribution in [1.29, 1.82) is 0 Å². The molecule has 0 aromatic heterocycles. The van der Waals surface area contributed by atoms with Crippen LogP contribution in [0.3, 0.4) is 0 Å². The molecule has 0 bridgehead atoms. The Kier molecular flexibility index (Phi) is 5.78. The minimum absolute atomic E-state index is 0.102. The number of Topliss-reactive ketones (excluding diaryl/α,β-unsaturated/α-hetero) is 1. The summed E-state index contributed by atoms with van der Waals surface area (Å²) in [7, 11) is 0. The first-order valence-electron chi connectivity index (χ1n) is 12.9. The predicted octanol–water partition coefficient (Wildman–Crippen LogP) is 6.07. The number of rotatable bonds is 4. The number of hydrogen-bond donors (Lipinski definition) is 0. The molecule has 0 unspecified atom stereocenters. The second-order valence-electron chi connectivity index (χ2n) is 12.3. The Morgan fingerprint density at radius 3 is 2.33 bits per heavy atom. The summed E-state index contributed by atoms with van der Waals surface area (Å²) in [5.41, 5.74) is -0.0811. The third-order valence-corrected chi connectivity index (χ3v) is 10.8.